The number of benzene rings is 2. The van der Waals surface area contributed by atoms with E-state index in [2.05, 4.69) is 10.6 Å². The molecule has 2 atom stereocenters. The molecule has 0 unspecified atom stereocenters. The van der Waals surface area contributed by atoms with Gasteiger partial charge in [-0.15, -0.1) is 0 Å². The normalized spacial score (nSPS) is 19.8. The Balaban J connectivity index is 1.50. The third kappa shape index (κ3) is 5.18. The SMILES string of the molecule is O=C(N[C@H]1CC[C@H](NCc2cccc(Cl)c2)C1)c1cc(F)cc(Cl)c1. The Morgan fingerprint density at radius 3 is 2.64 bits per heavy atom. The van der Waals surface area contributed by atoms with Crippen LogP contribution < -0.4 is 10.6 Å². The summed E-state index contributed by atoms with van der Waals surface area (Å²) in [5, 5.41) is 7.40. The largest absolute Gasteiger partial charge is 0.349 e. The Kier molecular flexibility index (Phi) is 5.94. The number of halogens is 3. The number of amides is 1. The molecular formula is C19H19Cl2FN2O. The lowest BCUT2D eigenvalue weighted by Crippen LogP contribution is -2.35. The molecule has 132 valence electrons. The minimum Gasteiger partial charge on any atom is -0.349 e. The fourth-order valence-electron chi connectivity index (χ4n) is 3.16. The number of nitrogens with one attached hydrogen (secondary N) is 2. The molecule has 1 saturated carbocycles. The molecule has 0 saturated heterocycles. The average Bonchev–Trinajstić information content (AvgIpc) is 2.99. The first-order chi connectivity index (χ1) is 12.0. The van der Waals surface area contributed by atoms with Crippen LogP contribution in [0.25, 0.3) is 0 Å². The summed E-state index contributed by atoms with van der Waals surface area (Å²) in [5.41, 5.74) is 1.38. The zero-order valence-corrected chi connectivity index (χ0v) is 15.1. The molecule has 0 aliphatic heterocycles. The zero-order valence-electron chi connectivity index (χ0n) is 13.6. The van der Waals surface area contributed by atoms with Crippen molar-refractivity contribution in [2.24, 2.45) is 0 Å². The topological polar surface area (TPSA) is 41.1 Å². The summed E-state index contributed by atoms with van der Waals surface area (Å²) in [6.45, 7) is 0.741. The first-order valence-corrected chi connectivity index (χ1v) is 9.00. The molecule has 0 heterocycles. The Labute approximate surface area is 156 Å². The van der Waals surface area contributed by atoms with E-state index in [4.69, 9.17) is 23.2 Å². The fourth-order valence-corrected chi connectivity index (χ4v) is 3.60. The van der Waals surface area contributed by atoms with E-state index in [1.165, 1.54) is 18.2 Å². The highest BCUT2D eigenvalue weighted by Crippen LogP contribution is 2.21. The van der Waals surface area contributed by atoms with E-state index < -0.39 is 5.82 Å². The highest BCUT2D eigenvalue weighted by atomic mass is 35.5. The fraction of sp³-hybridized carbons (Fsp3) is 0.316. The lowest BCUT2D eigenvalue weighted by atomic mass is 10.1. The molecule has 1 aliphatic carbocycles. The molecule has 0 bridgehead atoms. The van der Waals surface area contributed by atoms with Gasteiger partial charge < -0.3 is 10.6 Å². The van der Waals surface area contributed by atoms with Crippen molar-refractivity contribution in [1.29, 1.82) is 0 Å². The van der Waals surface area contributed by atoms with Crippen LogP contribution >= 0.6 is 23.2 Å². The smallest absolute Gasteiger partial charge is 0.251 e. The quantitative estimate of drug-likeness (QED) is 0.797. The highest BCUT2D eigenvalue weighted by Gasteiger charge is 2.26. The van der Waals surface area contributed by atoms with Gasteiger partial charge in [0.1, 0.15) is 5.82 Å². The third-order valence-electron chi connectivity index (χ3n) is 4.38. The van der Waals surface area contributed by atoms with E-state index in [0.29, 0.717) is 6.04 Å². The summed E-state index contributed by atoms with van der Waals surface area (Å²) in [6, 6.07) is 12.0. The average molecular weight is 381 g/mol. The lowest BCUT2D eigenvalue weighted by Gasteiger charge is -2.15. The number of rotatable bonds is 5. The Bertz CT molecular complexity index is 749. The molecule has 6 heteroatoms. The number of hydrogen-bond acceptors (Lipinski definition) is 2. The summed E-state index contributed by atoms with van der Waals surface area (Å²) in [7, 11) is 0. The van der Waals surface area contributed by atoms with Gasteiger partial charge in [0.05, 0.1) is 0 Å². The molecule has 2 aromatic carbocycles. The Hall–Kier alpha value is -1.62. The summed E-state index contributed by atoms with van der Waals surface area (Å²) >= 11 is 11.8. The first kappa shape index (κ1) is 18.2. The second-order valence-electron chi connectivity index (χ2n) is 6.35. The van der Waals surface area contributed by atoms with E-state index in [1.807, 2.05) is 24.3 Å². The van der Waals surface area contributed by atoms with Gasteiger partial charge in [0, 0.05) is 34.2 Å². The van der Waals surface area contributed by atoms with Crippen molar-refractivity contribution in [3.8, 4) is 0 Å². The maximum Gasteiger partial charge on any atom is 0.251 e. The maximum atomic E-state index is 13.4. The predicted octanol–water partition coefficient (Wildman–Crippen LogP) is 4.57. The molecule has 0 radical (unpaired) electrons. The molecule has 0 spiro atoms. The van der Waals surface area contributed by atoms with Crippen LogP contribution in [0.1, 0.15) is 35.2 Å². The van der Waals surface area contributed by atoms with Gasteiger partial charge in [-0.05, 0) is 55.2 Å². The minimum atomic E-state index is -0.509. The van der Waals surface area contributed by atoms with Crippen LogP contribution in [0, 0.1) is 5.82 Å². The van der Waals surface area contributed by atoms with E-state index in [-0.39, 0.29) is 22.5 Å². The van der Waals surface area contributed by atoms with Crippen molar-refractivity contribution in [3.63, 3.8) is 0 Å². The van der Waals surface area contributed by atoms with Crippen LogP contribution in [0.2, 0.25) is 10.0 Å². The van der Waals surface area contributed by atoms with Gasteiger partial charge in [-0.1, -0.05) is 35.3 Å². The van der Waals surface area contributed by atoms with Crippen molar-refractivity contribution in [2.45, 2.75) is 37.9 Å². The van der Waals surface area contributed by atoms with Crippen molar-refractivity contribution in [1.82, 2.24) is 10.6 Å². The molecular weight excluding hydrogens is 362 g/mol. The van der Waals surface area contributed by atoms with E-state index in [1.54, 1.807) is 0 Å². The van der Waals surface area contributed by atoms with Gasteiger partial charge in [0.25, 0.3) is 5.91 Å². The molecule has 1 amide bonds. The van der Waals surface area contributed by atoms with Crippen LogP contribution in [0.5, 0.6) is 0 Å². The van der Waals surface area contributed by atoms with Gasteiger partial charge >= 0.3 is 0 Å². The van der Waals surface area contributed by atoms with Crippen LogP contribution in [0.4, 0.5) is 4.39 Å². The van der Waals surface area contributed by atoms with Gasteiger partial charge in [-0.3, -0.25) is 4.79 Å². The monoisotopic (exact) mass is 380 g/mol. The van der Waals surface area contributed by atoms with Crippen molar-refractivity contribution >= 4 is 29.1 Å². The van der Waals surface area contributed by atoms with Crippen molar-refractivity contribution in [2.75, 3.05) is 0 Å². The summed E-state index contributed by atoms with van der Waals surface area (Å²) in [4.78, 5) is 12.3. The summed E-state index contributed by atoms with van der Waals surface area (Å²) < 4.78 is 13.4. The van der Waals surface area contributed by atoms with Crippen molar-refractivity contribution in [3.05, 3.63) is 69.5 Å². The zero-order chi connectivity index (χ0) is 17.8. The van der Waals surface area contributed by atoms with Gasteiger partial charge in [-0.25, -0.2) is 4.39 Å². The van der Waals surface area contributed by atoms with E-state index >= 15 is 0 Å². The van der Waals surface area contributed by atoms with Crippen molar-refractivity contribution < 1.29 is 9.18 Å². The lowest BCUT2D eigenvalue weighted by molar-refractivity contribution is 0.0937. The highest BCUT2D eigenvalue weighted by molar-refractivity contribution is 6.31. The molecule has 3 nitrogen and oxygen atoms in total. The maximum absolute atomic E-state index is 13.4. The van der Waals surface area contributed by atoms with Crippen LogP contribution in [-0.4, -0.2) is 18.0 Å². The second kappa shape index (κ2) is 8.17. The Morgan fingerprint density at radius 1 is 1.08 bits per heavy atom. The van der Waals surface area contributed by atoms with Gasteiger partial charge in [0.15, 0.2) is 0 Å². The third-order valence-corrected chi connectivity index (χ3v) is 4.83. The van der Waals surface area contributed by atoms with Crippen LogP contribution in [-0.2, 0) is 6.54 Å². The molecule has 3 rings (SSSR count). The first-order valence-electron chi connectivity index (χ1n) is 8.24. The molecule has 0 aromatic heterocycles. The minimum absolute atomic E-state index is 0.0754. The Morgan fingerprint density at radius 2 is 1.88 bits per heavy atom. The standard InChI is InChI=1S/C19H19Cl2FN2O/c20-14-3-1-2-12(6-14)11-23-17-4-5-18(10-17)24-19(25)13-7-15(21)9-16(22)8-13/h1-3,6-9,17-18,23H,4-5,10-11H2,(H,24,25)/t17-,18-/m0/s1. The summed E-state index contributed by atoms with van der Waals surface area (Å²) in [5.74, 6) is -0.799. The molecule has 1 fully saturated rings. The molecule has 25 heavy (non-hydrogen) atoms. The van der Waals surface area contributed by atoms with Gasteiger partial charge in [0.2, 0.25) is 0 Å². The number of carbonyl (C=O) groups is 1. The number of carbonyl (C=O) groups excluding carboxylic acids is 1. The van der Waals surface area contributed by atoms with E-state index in [0.717, 1.165) is 36.4 Å². The molecule has 1 aliphatic rings. The second-order valence-corrected chi connectivity index (χ2v) is 7.22. The van der Waals surface area contributed by atoms with Crippen LogP contribution in [0.15, 0.2) is 42.5 Å². The molecule has 2 N–H and O–H groups in total. The predicted molar refractivity (Wildman–Crippen MR) is 98.6 cm³/mol. The van der Waals surface area contributed by atoms with E-state index in [9.17, 15) is 9.18 Å². The number of hydrogen-bond donors (Lipinski definition) is 2. The summed E-state index contributed by atoms with van der Waals surface area (Å²) in [6.07, 6.45) is 2.72. The van der Waals surface area contributed by atoms with Crippen LogP contribution in [0.3, 0.4) is 0 Å². The molecule has 2 aromatic rings. The van der Waals surface area contributed by atoms with Gasteiger partial charge in [-0.2, -0.15) is 0 Å².